The van der Waals surface area contributed by atoms with Crippen molar-refractivity contribution in [1.29, 1.82) is 0 Å². The van der Waals surface area contributed by atoms with E-state index in [1.54, 1.807) is 23.1 Å². The van der Waals surface area contributed by atoms with E-state index in [4.69, 9.17) is 11.6 Å². The van der Waals surface area contributed by atoms with E-state index in [2.05, 4.69) is 0 Å². The maximum atomic E-state index is 12.3. The Morgan fingerprint density at radius 2 is 2.17 bits per heavy atom. The minimum absolute atomic E-state index is 0.143. The summed E-state index contributed by atoms with van der Waals surface area (Å²) in [5.74, 6) is 0.878. The first kappa shape index (κ1) is 12.0. The van der Waals surface area contributed by atoms with E-state index in [1.165, 1.54) is 0 Å². The van der Waals surface area contributed by atoms with Crippen molar-refractivity contribution in [3.63, 3.8) is 0 Å². The molecule has 0 saturated heterocycles. The molecule has 0 atom stereocenters. The van der Waals surface area contributed by atoms with E-state index in [9.17, 15) is 4.79 Å². The molecule has 0 bridgehead atoms. The van der Waals surface area contributed by atoms with Gasteiger partial charge in [-0.05, 0) is 35.2 Å². The number of ketones is 1. The van der Waals surface area contributed by atoms with Crippen LogP contribution >= 0.6 is 34.7 Å². The lowest BCUT2D eigenvalue weighted by Crippen LogP contribution is -2.10. The van der Waals surface area contributed by atoms with Crippen LogP contribution < -0.4 is 0 Å². The quantitative estimate of drug-likeness (QED) is 0.704. The van der Waals surface area contributed by atoms with Gasteiger partial charge in [0.15, 0.2) is 5.78 Å². The summed E-state index contributed by atoms with van der Waals surface area (Å²) in [7, 11) is 0. The Hall–Kier alpha value is -1.03. The van der Waals surface area contributed by atoms with Gasteiger partial charge in [-0.25, -0.2) is 0 Å². The lowest BCUT2D eigenvalue weighted by atomic mass is 10.0. The molecular formula is C14H9ClOS2. The Morgan fingerprint density at radius 1 is 1.28 bits per heavy atom. The number of Topliss-reactive ketones (excluding diaryl/α,β-unsaturated/α-hetero) is 1. The van der Waals surface area contributed by atoms with Crippen molar-refractivity contribution in [2.45, 2.75) is 4.21 Å². The van der Waals surface area contributed by atoms with Crippen LogP contribution in [-0.2, 0) is 0 Å². The van der Waals surface area contributed by atoms with Crippen LogP contribution in [0.1, 0.15) is 15.9 Å². The van der Waals surface area contributed by atoms with E-state index < -0.39 is 0 Å². The highest BCUT2D eigenvalue weighted by atomic mass is 35.5. The van der Waals surface area contributed by atoms with Crippen LogP contribution in [0.25, 0.3) is 6.08 Å². The lowest BCUT2D eigenvalue weighted by Gasteiger charge is -2.13. The minimum atomic E-state index is 0.143. The smallest absolute Gasteiger partial charge is 0.191 e. The summed E-state index contributed by atoms with van der Waals surface area (Å²) < 4.78 is 1.13. The molecule has 0 fully saturated rings. The average molecular weight is 293 g/mol. The van der Waals surface area contributed by atoms with Gasteiger partial charge >= 0.3 is 0 Å². The van der Waals surface area contributed by atoms with Gasteiger partial charge in [0.25, 0.3) is 0 Å². The van der Waals surface area contributed by atoms with Gasteiger partial charge < -0.3 is 0 Å². The zero-order valence-electron chi connectivity index (χ0n) is 9.35. The first-order valence-electron chi connectivity index (χ1n) is 5.45. The number of hydrogen-bond acceptors (Lipinski definition) is 3. The predicted octanol–water partition coefficient (Wildman–Crippen LogP) is 4.77. The Morgan fingerprint density at radius 3 is 3.00 bits per heavy atom. The first-order chi connectivity index (χ1) is 8.74. The monoisotopic (exact) mass is 292 g/mol. The van der Waals surface area contributed by atoms with Crippen molar-refractivity contribution in [2.75, 3.05) is 5.75 Å². The molecule has 0 spiro atoms. The van der Waals surface area contributed by atoms with Crippen LogP contribution in [0.5, 0.6) is 0 Å². The molecule has 1 aromatic heterocycles. The van der Waals surface area contributed by atoms with E-state index in [0.717, 1.165) is 26.7 Å². The van der Waals surface area contributed by atoms with Crippen LogP contribution in [0.4, 0.5) is 0 Å². The second kappa shape index (κ2) is 4.92. The molecule has 1 aliphatic heterocycles. The number of fused-ring (bicyclic) bond motifs is 1. The van der Waals surface area contributed by atoms with Crippen molar-refractivity contribution in [3.05, 3.63) is 57.4 Å². The molecule has 0 saturated carbocycles. The molecule has 0 amide bonds. The predicted molar refractivity (Wildman–Crippen MR) is 78.8 cm³/mol. The fourth-order valence-electron chi connectivity index (χ4n) is 1.86. The maximum absolute atomic E-state index is 12.3. The number of hydrogen-bond donors (Lipinski definition) is 0. The zero-order chi connectivity index (χ0) is 12.5. The van der Waals surface area contributed by atoms with Crippen molar-refractivity contribution in [2.24, 2.45) is 0 Å². The third kappa shape index (κ3) is 2.26. The second-order valence-electron chi connectivity index (χ2n) is 3.96. The molecule has 3 rings (SSSR count). The van der Waals surface area contributed by atoms with Crippen LogP contribution in [0.3, 0.4) is 0 Å². The van der Waals surface area contributed by atoms with Crippen LogP contribution in [0, 0.1) is 0 Å². The minimum Gasteiger partial charge on any atom is -0.289 e. The van der Waals surface area contributed by atoms with Crippen molar-refractivity contribution < 1.29 is 4.79 Å². The fourth-order valence-corrected chi connectivity index (χ4v) is 4.11. The van der Waals surface area contributed by atoms with Gasteiger partial charge in [-0.3, -0.25) is 4.79 Å². The van der Waals surface area contributed by atoms with Gasteiger partial charge in [0.05, 0.1) is 4.21 Å². The van der Waals surface area contributed by atoms with Gasteiger partial charge in [0.1, 0.15) is 0 Å². The number of carbonyl (C=O) groups excluding carboxylic acids is 1. The van der Waals surface area contributed by atoms with Gasteiger partial charge in [-0.15, -0.1) is 23.1 Å². The molecule has 4 heteroatoms. The fraction of sp³-hybridized carbons (Fsp3) is 0.0714. The molecule has 2 aromatic rings. The van der Waals surface area contributed by atoms with Gasteiger partial charge in [-0.2, -0.15) is 0 Å². The molecule has 0 radical (unpaired) electrons. The van der Waals surface area contributed by atoms with Crippen molar-refractivity contribution in [3.8, 4) is 0 Å². The normalized spacial score (nSPS) is 16.9. The van der Waals surface area contributed by atoms with Crippen LogP contribution in [0.2, 0.25) is 5.02 Å². The number of benzene rings is 1. The summed E-state index contributed by atoms with van der Waals surface area (Å²) in [6.45, 7) is 0. The zero-order valence-corrected chi connectivity index (χ0v) is 11.7. The largest absolute Gasteiger partial charge is 0.289 e. The van der Waals surface area contributed by atoms with Crippen LogP contribution in [0.15, 0.2) is 45.5 Å². The Labute approximate surface area is 118 Å². The molecule has 1 nitrogen and oxygen atoms in total. The van der Waals surface area contributed by atoms with Gasteiger partial charge in [0.2, 0.25) is 0 Å². The van der Waals surface area contributed by atoms with Crippen LogP contribution in [-0.4, -0.2) is 11.5 Å². The average Bonchev–Trinajstić information content (AvgIpc) is 2.82. The third-order valence-corrected chi connectivity index (χ3v) is 5.24. The number of thioether (sulfide) groups is 1. The van der Waals surface area contributed by atoms with Crippen molar-refractivity contribution >= 4 is 46.6 Å². The Balaban J connectivity index is 1.97. The van der Waals surface area contributed by atoms with E-state index in [-0.39, 0.29) is 5.78 Å². The summed E-state index contributed by atoms with van der Waals surface area (Å²) in [6, 6.07) is 9.46. The highest BCUT2D eigenvalue weighted by molar-refractivity contribution is 8.01. The molecule has 1 aromatic carbocycles. The van der Waals surface area contributed by atoms with Gasteiger partial charge in [0, 0.05) is 21.9 Å². The number of rotatable bonds is 1. The number of carbonyl (C=O) groups is 1. The number of halogens is 1. The summed E-state index contributed by atoms with van der Waals surface area (Å²) in [6.07, 6.45) is 1.93. The summed E-state index contributed by atoms with van der Waals surface area (Å²) in [5, 5.41) is 2.66. The standard InChI is InChI=1S/C14H9ClOS2/c15-11-3-1-2-9(7-11)6-10-8-18-14-12(13(10)16)4-5-17-14/h1-7H,8H2/b10-6+. The van der Waals surface area contributed by atoms with E-state index >= 15 is 0 Å². The Kier molecular flexibility index (Phi) is 3.29. The summed E-state index contributed by atoms with van der Waals surface area (Å²) in [5.41, 5.74) is 2.66. The second-order valence-corrected chi connectivity index (χ2v) is 6.56. The molecule has 0 aliphatic carbocycles. The highest BCUT2D eigenvalue weighted by Gasteiger charge is 2.23. The lowest BCUT2D eigenvalue weighted by molar-refractivity contribution is 0.103. The summed E-state index contributed by atoms with van der Waals surface area (Å²) >= 11 is 9.31. The molecule has 90 valence electrons. The first-order valence-corrected chi connectivity index (χ1v) is 7.69. The van der Waals surface area contributed by atoms with E-state index in [0.29, 0.717) is 5.02 Å². The SMILES string of the molecule is O=C1/C(=C/c2cccc(Cl)c2)CSc2sccc21. The molecule has 1 aliphatic rings. The topological polar surface area (TPSA) is 17.1 Å². The molecule has 2 heterocycles. The third-order valence-electron chi connectivity index (χ3n) is 2.71. The molecule has 18 heavy (non-hydrogen) atoms. The molecule has 0 unspecified atom stereocenters. The van der Waals surface area contributed by atoms with Crippen molar-refractivity contribution in [1.82, 2.24) is 0 Å². The van der Waals surface area contributed by atoms with E-state index in [1.807, 2.05) is 41.8 Å². The van der Waals surface area contributed by atoms with Gasteiger partial charge in [-0.1, -0.05) is 23.7 Å². The maximum Gasteiger partial charge on any atom is 0.191 e. The summed E-state index contributed by atoms with van der Waals surface area (Å²) in [4.78, 5) is 12.3. The molecular weight excluding hydrogens is 284 g/mol. The Bertz CT molecular complexity index is 643. The molecule has 0 N–H and O–H groups in total. The highest BCUT2D eigenvalue weighted by Crippen LogP contribution is 2.37. The number of thiophene rings is 1.